The first-order valence-electron chi connectivity index (χ1n) is 6.60. The Kier molecular flexibility index (Phi) is 3.86. The second-order valence-corrected chi connectivity index (χ2v) is 5.36. The molecule has 1 saturated heterocycles. The lowest BCUT2D eigenvalue weighted by Gasteiger charge is -2.35. The average Bonchev–Trinajstić information content (AvgIpc) is 2.47. The Bertz CT molecular complexity index is 151. The number of hydrogen-bond acceptors (Lipinski definition) is 1. The number of likely N-dealkylation sites (tertiary alicyclic amines) is 1. The van der Waals surface area contributed by atoms with Gasteiger partial charge < -0.3 is 4.90 Å². The summed E-state index contributed by atoms with van der Waals surface area (Å²) in [5, 5.41) is 0. The van der Waals surface area contributed by atoms with Gasteiger partial charge in [-0.1, -0.05) is 19.8 Å². The molecule has 0 atom stereocenters. The van der Waals surface area contributed by atoms with E-state index in [2.05, 4.69) is 11.8 Å². The first-order valence-corrected chi connectivity index (χ1v) is 6.60. The van der Waals surface area contributed by atoms with E-state index in [0.29, 0.717) is 0 Å². The van der Waals surface area contributed by atoms with Crippen LogP contribution in [0.25, 0.3) is 0 Å². The van der Waals surface area contributed by atoms with E-state index in [1.807, 2.05) is 0 Å². The van der Waals surface area contributed by atoms with Crippen molar-refractivity contribution in [3.05, 3.63) is 0 Å². The van der Waals surface area contributed by atoms with Crippen LogP contribution < -0.4 is 0 Å². The molecule has 0 aromatic heterocycles. The molecule has 0 unspecified atom stereocenters. The first-order chi connectivity index (χ1) is 6.86. The summed E-state index contributed by atoms with van der Waals surface area (Å²) in [5.74, 6) is 0.998. The third kappa shape index (κ3) is 2.73. The Morgan fingerprint density at radius 3 is 1.93 bits per heavy atom. The molecule has 0 bridgehead atoms. The molecule has 14 heavy (non-hydrogen) atoms. The van der Waals surface area contributed by atoms with Gasteiger partial charge in [0.15, 0.2) is 0 Å². The van der Waals surface area contributed by atoms with Gasteiger partial charge in [-0.3, -0.25) is 0 Å². The van der Waals surface area contributed by atoms with E-state index < -0.39 is 0 Å². The highest BCUT2D eigenvalue weighted by Crippen LogP contribution is 2.28. The van der Waals surface area contributed by atoms with E-state index in [9.17, 15) is 0 Å². The second kappa shape index (κ2) is 5.16. The fourth-order valence-corrected chi connectivity index (χ4v) is 3.07. The first kappa shape index (κ1) is 10.5. The minimum absolute atomic E-state index is 0.948. The lowest BCUT2D eigenvalue weighted by atomic mass is 9.86. The molecule has 1 heterocycles. The van der Waals surface area contributed by atoms with E-state index in [-0.39, 0.29) is 0 Å². The summed E-state index contributed by atoms with van der Waals surface area (Å²) in [6.45, 7) is 5.19. The van der Waals surface area contributed by atoms with Crippen molar-refractivity contribution in [1.29, 1.82) is 0 Å². The van der Waals surface area contributed by atoms with Gasteiger partial charge in [0.25, 0.3) is 0 Å². The summed E-state index contributed by atoms with van der Waals surface area (Å²) in [6, 6.07) is 0.948. The lowest BCUT2D eigenvalue weighted by Crippen LogP contribution is -2.38. The van der Waals surface area contributed by atoms with Crippen molar-refractivity contribution in [2.75, 3.05) is 13.1 Å². The minimum Gasteiger partial charge on any atom is -0.300 e. The zero-order valence-corrected chi connectivity index (χ0v) is 9.67. The Morgan fingerprint density at radius 2 is 1.36 bits per heavy atom. The molecule has 2 aliphatic rings. The normalized spacial score (nSPS) is 36.6. The zero-order valence-electron chi connectivity index (χ0n) is 9.67. The molecule has 1 aliphatic heterocycles. The highest BCUT2D eigenvalue weighted by Gasteiger charge is 2.23. The van der Waals surface area contributed by atoms with Crippen molar-refractivity contribution < 1.29 is 0 Å². The Morgan fingerprint density at radius 1 is 0.786 bits per heavy atom. The summed E-state index contributed by atoms with van der Waals surface area (Å²) < 4.78 is 0. The van der Waals surface area contributed by atoms with Crippen LogP contribution in [-0.2, 0) is 0 Å². The molecule has 82 valence electrons. The van der Waals surface area contributed by atoms with Gasteiger partial charge >= 0.3 is 0 Å². The quantitative estimate of drug-likeness (QED) is 0.619. The van der Waals surface area contributed by atoms with Crippen LogP contribution in [0.15, 0.2) is 0 Å². The molecule has 2 rings (SSSR count). The van der Waals surface area contributed by atoms with Gasteiger partial charge in [0.05, 0.1) is 0 Å². The maximum Gasteiger partial charge on any atom is 0.00954 e. The molecule has 0 amide bonds. The summed E-state index contributed by atoms with van der Waals surface area (Å²) in [7, 11) is 0. The van der Waals surface area contributed by atoms with Crippen molar-refractivity contribution in [2.45, 2.75) is 64.3 Å². The molecule has 1 heteroatoms. The van der Waals surface area contributed by atoms with Gasteiger partial charge in [-0.25, -0.2) is 0 Å². The molecule has 1 saturated carbocycles. The molecule has 0 N–H and O–H groups in total. The van der Waals surface area contributed by atoms with Gasteiger partial charge in [0.1, 0.15) is 0 Å². The highest BCUT2D eigenvalue weighted by atomic mass is 15.2. The number of nitrogens with zero attached hydrogens (tertiary/aromatic N) is 1. The van der Waals surface area contributed by atoms with Crippen molar-refractivity contribution >= 4 is 0 Å². The van der Waals surface area contributed by atoms with E-state index in [1.165, 1.54) is 64.5 Å². The van der Waals surface area contributed by atoms with Crippen LogP contribution >= 0.6 is 0 Å². The van der Waals surface area contributed by atoms with E-state index >= 15 is 0 Å². The fraction of sp³-hybridized carbons (Fsp3) is 1.00. The molecular formula is C13H25N. The molecule has 1 aliphatic carbocycles. The number of hydrogen-bond donors (Lipinski definition) is 0. The standard InChI is InChI=1S/C13H25N/c1-12-6-8-13(9-7-12)14-10-4-2-3-5-11-14/h12-13H,2-11H2,1H3/t12-,13-. The van der Waals surface area contributed by atoms with Gasteiger partial charge in [0, 0.05) is 6.04 Å². The van der Waals surface area contributed by atoms with E-state index in [1.54, 1.807) is 0 Å². The largest absolute Gasteiger partial charge is 0.300 e. The van der Waals surface area contributed by atoms with Crippen molar-refractivity contribution in [2.24, 2.45) is 5.92 Å². The lowest BCUT2D eigenvalue weighted by molar-refractivity contribution is 0.144. The highest BCUT2D eigenvalue weighted by molar-refractivity contribution is 4.79. The zero-order chi connectivity index (χ0) is 9.80. The molecule has 2 fully saturated rings. The SMILES string of the molecule is C[C@H]1CC[C@H](N2CCCCCC2)CC1. The Labute approximate surface area is 88.9 Å². The van der Waals surface area contributed by atoms with E-state index in [0.717, 1.165) is 12.0 Å². The average molecular weight is 195 g/mol. The summed E-state index contributed by atoms with van der Waals surface area (Å²) >= 11 is 0. The van der Waals surface area contributed by atoms with Crippen LogP contribution in [0.2, 0.25) is 0 Å². The topological polar surface area (TPSA) is 3.24 Å². The van der Waals surface area contributed by atoms with Gasteiger partial charge in [-0.15, -0.1) is 0 Å². The maximum absolute atomic E-state index is 2.79. The van der Waals surface area contributed by atoms with Crippen LogP contribution in [0.1, 0.15) is 58.3 Å². The molecule has 0 aromatic carbocycles. The molecule has 0 aromatic rings. The van der Waals surface area contributed by atoms with Crippen LogP contribution in [0.5, 0.6) is 0 Å². The third-order valence-electron chi connectivity index (χ3n) is 4.14. The van der Waals surface area contributed by atoms with Gasteiger partial charge in [-0.2, -0.15) is 0 Å². The van der Waals surface area contributed by atoms with Crippen molar-refractivity contribution in [3.63, 3.8) is 0 Å². The van der Waals surface area contributed by atoms with Gasteiger partial charge in [-0.05, 0) is 57.5 Å². The predicted octanol–water partition coefficient (Wildman–Crippen LogP) is 3.44. The molecule has 1 nitrogen and oxygen atoms in total. The minimum atomic E-state index is 0.948. The van der Waals surface area contributed by atoms with Crippen LogP contribution in [0, 0.1) is 5.92 Å². The summed E-state index contributed by atoms with van der Waals surface area (Å²) in [4.78, 5) is 2.79. The molecule has 0 spiro atoms. The summed E-state index contributed by atoms with van der Waals surface area (Å²) in [6.07, 6.45) is 11.7. The number of rotatable bonds is 1. The third-order valence-corrected chi connectivity index (χ3v) is 4.14. The second-order valence-electron chi connectivity index (χ2n) is 5.36. The fourth-order valence-electron chi connectivity index (χ4n) is 3.07. The molecular weight excluding hydrogens is 170 g/mol. The predicted molar refractivity (Wildman–Crippen MR) is 61.5 cm³/mol. The Balaban J connectivity index is 1.81. The molecule has 0 radical (unpaired) electrons. The van der Waals surface area contributed by atoms with E-state index in [4.69, 9.17) is 0 Å². The smallest absolute Gasteiger partial charge is 0.00954 e. The summed E-state index contributed by atoms with van der Waals surface area (Å²) in [5.41, 5.74) is 0. The van der Waals surface area contributed by atoms with Crippen LogP contribution in [0.4, 0.5) is 0 Å². The van der Waals surface area contributed by atoms with Crippen LogP contribution in [0.3, 0.4) is 0 Å². The van der Waals surface area contributed by atoms with Gasteiger partial charge in [0.2, 0.25) is 0 Å². The van der Waals surface area contributed by atoms with Crippen molar-refractivity contribution in [3.8, 4) is 0 Å². The van der Waals surface area contributed by atoms with Crippen molar-refractivity contribution in [1.82, 2.24) is 4.90 Å². The Hall–Kier alpha value is -0.0400. The maximum atomic E-state index is 2.79. The van der Waals surface area contributed by atoms with Crippen LogP contribution in [-0.4, -0.2) is 24.0 Å². The monoisotopic (exact) mass is 195 g/mol.